The second-order valence-electron chi connectivity index (χ2n) is 7.87. The molecule has 0 aliphatic heterocycles. The highest BCUT2D eigenvalue weighted by Crippen LogP contribution is 2.33. The first-order valence-corrected chi connectivity index (χ1v) is 11.1. The quantitative estimate of drug-likeness (QED) is 0.320. The molecule has 0 atom stereocenters. The molecule has 0 unspecified atom stereocenters. The number of para-hydroxylation sites is 1. The first-order valence-electron chi connectivity index (χ1n) is 10.7. The van der Waals surface area contributed by atoms with E-state index in [4.69, 9.17) is 16.3 Å². The summed E-state index contributed by atoms with van der Waals surface area (Å²) in [5, 5.41) is 15.8. The normalized spacial score (nSPS) is 11.2. The van der Waals surface area contributed by atoms with Gasteiger partial charge in [-0.15, -0.1) is 0 Å². The van der Waals surface area contributed by atoms with Crippen molar-refractivity contribution < 1.29 is 14.6 Å². The zero-order valence-electron chi connectivity index (χ0n) is 18.4. The number of H-pyrrole nitrogens is 1. The molecule has 0 spiro atoms. The minimum absolute atomic E-state index is 0.230. The molecule has 2 aromatic heterocycles. The van der Waals surface area contributed by atoms with E-state index in [9.17, 15) is 9.90 Å². The van der Waals surface area contributed by atoms with Gasteiger partial charge in [0.05, 0.1) is 17.8 Å². The maximum absolute atomic E-state index is 12.0. The van der Waals surface area contributed by atoms with E-state index in [1.165, 1.54) is 0 Å². The van der Waals surface area contributed by atoms with Crippen molar-refractivity contribution in [3.8, 4) is 17.0 Å². The summed E-state index contributed by atoms with van der Waals surface area (Å²) in [5.41, 5.74) is 5.70. The van der Waals surface area contributed by atoms with E-state index in [2.05, 4.69) is 10.1 Å². The Morgan fingerprint density at radius 3 is 2.66 bits per heavy atom. The number of nitrogens with zero attached hydrogens (tertiary/aromatic N) is 2. The van der Waals surface area contributed by atoms with Crippen molar-refractivity contribution in [1.29, 1.82) is 0 Å². The van der Waals surface area contributed by atoms with Gasteiger partial charge in [0.1, 0.15) is 11.4 Å². The molecule has 0 aliphatic rings. The van der Waals surface area contributed by atoms with Crippen LogP contribution < -0.4 is 4.74 Å². The molecule has 0 fully saturated rings. The van der Waals surface area contributed by atoms with Crippen molar-refractivity contribution in [2.45, 2.75) is 40.2 Å². The van der Waals surface area contributed by atoms with E-state index >= 15 is 0 Å². The Morgan fingerprint density at radius 2 is 1.97 bits per heavy atom. The van der Waals surface area contributed by atoms with Crippen molar-refractivity contribution >= 4 is 28.5 Å². The van der Waals surface area contributed by atoms with Crippen LogP contribution in [0.5, 0.6) is 5.75 Å². The molecule has 2 aromatic carbocycles. The summed E-state index contributed by atoms with van der Waals surface area (Å²) >= 11 is 6.23. The fourth-order valence-corrected chi connectivity index (χ4v) is 4.28. The van der Waals surface area contributed by atoms with Gasteiger partial charge in [0.2, 0.25) is 0 Å². The van der Waals surface area contributed by atoms with Gasteiger partial charge in [-0.25, -0.2) is 4.79 Å². The highest BCUT2D eigenvalue weighted by molar-refractivity contribution is 6.32. The zero-order chi connectivity index (χ0) is 22.8. The monoisotopic (exact) mass is 451 g/mol. The summed E-state index contributed by atoms with van der Waals surface area (Å²) in [5.74, 6) is -0.187. The molecule has 0 saturated heterocycles. The lowest BCUT2D eigenvalue weighted by Crippen LogP contribution is -2.04. The Kier molecular flexibility index (Phi) is 6.24. The van der Waals surface area contributed by atoms with Crippen LogP contribution >= 0.6 is 11.6 Å². The average Bonchev–Trinajstić information content (AvgIpc) is 3.39. The molecule has 0 amide bonds. The van der Waals surface area contributed by atoms with Gasteiger partial charge in [0.15, 0.2) is 0 Å². The van der Waals surface area contributed by atoms with Crippen LogP contribution in [0, 0.1) is 13.8 Å². The van der Waals surface area contributed by atoms with Gasteiger partial charge < -0.3 is 14.8 Å². The van der Waals surface area contributed by atoms with Crippen molar-refractivity contribution in [3.63, 3.8) is 0 Å². The largest absolute Gasteiger partial charge is 0.494 e. The molecule has 2 heterocycles. The third kappa shape index (κ3) is 4.10. The van der Waals surface area contributed by atoms with E-state index in [1.807, 2.05) is 61.9 Å². The van der Waals surface area contributed by atoms with Crippen molar-refractivity contribution in [2.24, 2.45) is 0 Å². The van der Waals surface area contributed by atoms with E-state index in [0.29, 0.717) is 19.4 Å². The summed E-state index contributed by atoms with van der Waals surface area (Å²) < 4.78 is 7.82. The number of fused-ring (bicyclic) bond motifs is 1. The van der Waals surface area contributed by atoms with E-state index in [0.717, 1.165) is 56.2 Å². The highest BCUT2D eigenvalue weighted by Gasteiger charge is 2.20. The van der Waals surface area contributed by atoms with Crippen LogP contribution in [-0.4, -0.2) is 32.4 Å². The van der Waals surface area contributed by atoms with E-state index in [-0.39, 0.29) is 5.69 Å². The van der Waals surface area contributed by atoms with Crippen LogP contribution in [0.3, 0.4) is 0 Å². The number of carboxylic acid groups (broad SMARTS) is 1. The summed E-state index contributed by atoms with van der Waals surface area (Å²) in [6, 6.07) is 11.7. The SMILES string of the molecule is CCn1nccc1-c1cccc2c(CCCOc3cc(C)c(Cl)c(C)c3)c(C(=O)O)[nH]c12. The first kappa shape index (κ1) is 22.0. The average molecular weight is 452 g/mol. The van der Waals surface area contributed by atoms with Crippen molar-refractivity contribution in [3.05, 3.63) is 70.0 Å². The summed E-state index contributed by atoms with van der Waals surface area (Å²) in [4.78, 5) is 15.1. The van der Waals surface area contributed by atoms with E-state index < -0.39 is 5.97 Å². The number of carbonyl (C=O) groups is 1. The molecule has 166 valence electrons. The minimum atomic E-state index is -0.962. The van der Waals surface area contributed by atoms with Gasteiger partial charge in [-0.05, 0) is 68.5 Å². The van der Waals surface area contributed by atoms with E-state index in [1.54, 1.807) is 6.20 Å². The highest BCUT2D eigenvalue weighted by atomic mass is 35.5. The lowest BCUT2D eigenvalue weighted by molar-refractivity contribution is 0.0690. The Balaban J connectivity index is 1.59. The fraction of sp³-hybridized carbons (Fsp3) is 0.280. The molecule has 32 heavy (non-hydrogen) atoms. The number of nitrogens with one attached hydrogen (secondary N) is 1. The molecule has 6 nitrogen and oxygen atoms in total. The molecule has 0 aliphatic carbocycles. The number of aromatic carboxylic acids is 1. The number of hydrogen-bond donors (Lipinski definition) is 2. The summed E-state index contributed by atoms with van der Waals surface area (Å²) in [6.07, 6.45) is 3.03. The van der Waals surface area contributed by atoms with Crippen molar-refractivity contribution in [2.75, 3.05) is 6.61 Å². The van der Waals surface area contributed by atoms with Gasteiger partial charge in [0, 0.05) is 28.7 Å². The number of carboxylic acids is 1. The second-order valence-corrected chi connectivity index (χ2v) is 8.25. The summed E-state index contributed by atoms with van der Waals surface area (Å²) in [7, 11) is 0. The van der Waals surface area contributed by atoms with Gasteiger partial charge in [-0.1, -0.05) is 29.8 Å². The topological polar surface area (TPSA) is 80.1 Å². The molecule has 0 saturated carbocycles. The predicted molar refractivity (Wildman–Crippen MR) is 127 cm³/mol. The fourth-order valence-electron chi connectivity index (χ4n) is 4.17. The number of rotatable bonds is 8. The molecule has 4 aromatic rings. The first-order chi connectivity index (χ1) is 15.4. The molecule has 4 rings (SSSR count). The third-order valence-electron chi connectivity index (χ3n) is 5.70. The number of halogens is 1. The third-order valence-corrected chi connectivity index (χ3v) is 6.29. The molecule has 2 N–H and O–H groups in total. The number of ether oxygens (including phenoxy) is 1. The van der Waals surface area contributed by atoms with Gasteiger partial charge in [-0.3, -0.25) is 4.68 Å². The number of aryl methyl sites for hydroxylation is 4. The second kappa shape index (κ2) is 9.09. The number of aromatic nitrogens is 3. The molecular weight excluding hydrogens is 426 g/mol. The number of benzene rings is 2. The summed E-state index contributed by atoms with van der Waals surface area (Å²) in [6.45, 7) is 7.15. The smallest absolute Gasteiger partial charge is 0.352 e. The maximum Gasteiger partial charge on any atom is 0.352 e. The van der Waals surface area contributed by atoms with Crippen molar-refractivity contribution in [1.82, 2.24) is 14.8 Å². The van der Waals surface area contributed by atoms with Crippen LogP contribution in [0.1, 0.15) is 40.5 Å². The van der Waals surface area contributed by atoms with Crippen LogP contribution in [-0.2, 0) is 13.0 Å². The predicted octanol–water partition coefficient (Wildman–Crippen LogP) is 6.03. The van der Waals surface area contributed by atoms with Gasteiger partial charge in [-0.2, -0.15) is 5.10 Å². The van der Waals surface area contributed by atoms with Crippen LogP contribution in [0.25, 0.3) is 22.2 Å². The Bertz CT molecular complexity index is 1270. The molecule has 0 bridgehead atoms. The number of hydrogen-bond acceptors (Lipinski definition) is 3. The Hall–Kier alpha value is -3.25. The zero-order valence-corrected chi connectivity index (χ0v) is 19.2. The Morgan fingerprint density at radius 1 is 1.22 bits per heavy atom. The lowest BCUT2D eigenvalue weighted by Gasteiger charge is -2.10. The number of aromatic amines is 1. The minimum Gasteiger partial charge on any atom is -0.494 e. The maximum atomic E-state index is 12.0. The Labute approximate surface area is 191 Å². The van der Waals surface area contributed by atoms with Gasteiger partial charge >= 0.3 is 5.97 Å². The van der Waals surface area contributed by atoms with Crippen LogP contribution in [0.15, 0.2) is 42.6 Å². The standard InChI is InChI=1S/C25H26ClN3O3/c1-4-29-21(10-11-27-29)20-8-5-7-18-19(24(25(30)31)28-23(18)20)9-6-12-32-17-13-15(2)22(26)16(3)14-17/h5,7-8,10-11,13-14,28H,4,6,9,12H2,1-3H3,(H,30,31). The van der Waals surface area contributed by atoms with Gasteiger partial charge in [0.25, 0.3) is 0 Å². The molecule has 0 radical (unpaired) electrons. The molecular formula is C25H26ClN3O3. The lowest BCUT2D eigenvalue weighted by atomic mass is 10.0. The van der Waals surface area contributed by atoms with Crippen LogP contribution in [0.2, 0.25) is 5.02 Å². The molecule has 7 heteroatoms. The van der Waals surface area contributed by atoms with Crippen LogP contribution in [0.4, 0.5) is 0 Å².